The van der Waals surface area contributed by atoms with Crippen LogP contribution in [0.3, 0.4) is 0 Å². The third-order valence-electron chi connectivity index (χ3n) is 9.11. The molecule has 0 aromatic heterocycles. The van der Waals surface area contributed by atoms with E-state index in [9.17, 15) is 9.59 Å². The molecule has 2 amide bonds. The van der Waals surface area contributed by atoms with Crippen molar-refractivity contribution in [1.82, 2.24) is 15.5 Å². The molecule has 6 bridgehead atoms. The molecule has 0 aromatic rings. The van der Waals surface area contributed by atoms with Crippen LogP contribution in [0.1, 0.15) is 91.4 Å². The normalized spacial score (nSPS) is 41.4. The van der Waals surface area contributed by atoms with Crippen LogP contribution in [-0.2, 0) is 9.59 Å². The standard InChI is InChI=1S/C26H43N3O2/c1-25(2,3)28-24(31)16-29-21-4-5-22(29)10-20(9-21)15-27-23(30)14-26-11-17-6-18(12-26)8-19(7-17)13-26/h17-22H,4-16H2,1-3H3,(H,27,30)(H,28,31)/t17?,18?,19?,20?,21-,22+,26?. The van der Waals surface area contributed by atoms with Gasteiger partial charge in [-0.2, -0.15) is 0 Å². The number of hydrogen-bond acceptors (Lipinski definition) is 3. The van der Waals surface area contributed by atoms with Gasteiger partial charge in [0.05, 0.1) is 6.54 Å². The molecule has 3 atom stereocenters. The molecule has 174 valence electrons. The average molecular weight is 430 g/mol. The molecule has 5 nitrogen and oxygen atoms in total. The van der Waals surface area contributed by atoms with E-state index in [0.717, 1.165) is 43.6 Å². The Morgan fingerprint density at radius 3 is 1.94 bits per heavy atom. The highest BCUT2D eigenvalue weighted by molar-refractivity contribution is 5.79. The number of fused-ring (bicyclic) bond motifs is 2. The number of piperidine rings is 1. The Labute approximate surface area is 188 Å². The summed E-state index contributed by atoms with van der Waals surface area (Å²) in [4.78, 5) is 27.8. The topological polar surface area (TPSA) is 61.4 Å². The molecular formula is C26H43N3O2. The van der Waals surface area contributed by atoms with Crippen molar-refractivity contribution in [3.63, 3.8) is 0 Å². The second-order valence-electron chi connectivity index (χ2n) is 13.1. The van der Waals surface area contributed by atoms with Crippen LogP contribution in [0.25, 0.3) is 0 Å². The molecule has 2 N–H and O–H groups in total. The van der Waals surface area contributed by atoms with Crippen molar-refractivity contribution >= 4 is 11.8 Å². The van der Waals surface area contributed by atoms with Crippen LogP contribution in [-0.4, -0.2) is 47.4 Å². The predicted octanol–water partition coefficient (Wildman–Crippen LogP) is 3.87. The van der Waals surface area contributed by atoms with E-state index in [4.69, 9.17) is 0 Å². The molecule has 1 unspecified atom stereocenters. The Bertz CT molecular complexity index is 663. The van der Waals surface area contributed by atoms with Crippen LogP contribution in [0.15, 0.2) is 0 Å². The minimum Gasteiger partial charge on any atom is -0.356 e. The van der Waals surface area contributed by atoms with Crippen molar-refractivity contribution in [2.45, 2.75) is 109 Å². The van der Waals surface area contributed by atoms with Crippen LogP contribution in [0.4, 0.5) is 0 Å². The molecule has 0 spiro atoms. The summed E-state index contributed by atoms with van der Waals surface area (Å²) in [5.41, 5.74) is 0.164. The molecule has 6 aliphatic rings. The number of hydrogen-bond donors (Lipinski definition) is 2. The Morgan fingerprint density at radius 2 is 1.42 bits per heavy atom. The maximum absolute atomic E-state index is 12.9. The van der Waals surface area contributed by atoms with Crippen molar-refractivity contribution in [2.24, 2.45) is 29.1 Å². The van der Waals surface area contributed by atoms with E-state index in [1.807, 2.05) is 20.8 Å². The second kappa shape index (κ2) is 8.04. The van der Waals surface area contributed by atoms with Gasteiger partial charge in [-0.1, -0.05) is 0 Å². The van der Waals surface area contributed by atoms with Gasteiger partial charge in [-0.25, -0.2) is 0 Å². The van der Waals surface area contributed by atoms with Crippen LogP contribution in [0, 0.1) is 29.1 Å². The molecule has 0 radical (unpaired) electrons. The summed E-state index contributed by atoms with van der Waals surface area (Å²) in [7, 11) is 0. The molecule has 2 heterocycles. The average Bonchev–Trinajstić information content (AvgIpc) is 2.86. The van der Waals surface area contributed by atoms with Gasteiger partial charge in [0, 0.05) is 30.6 Å². The summed E-state index contributed by atoms with van der Waals surface area (Å²) in [6, 6.07) is 1.02. The monoisotopic (exact) mass is 429 g/mol. The van der Waals surface area contributed by atoms with E-state index in [2.05, 4.69) is 15.5 Å². The second-order valence-corrected chi connectivity index (χ2v) is 13.1. The van der Waals surface area contributed by atoms with Crippen molar-refractivity contribution in [2.75, 3.05) is 13.1 Å². The summed E-state index contributed by atoms with van der Waals surface area (Å²) < 4.78 is 0. The number of carbonyl (C=O) groups excluding carboxylic acids is 2. The maximum Gasteiger partial charge on any atom is 0.234 e. The third kappa shape index (κ3) is 4.82. The molecule has 5 heteroatoms. The van der Waals surface area contributed by atoms with Gasteiger partial charge < -0.3 is 10.6 Å². The molecule has 0 aromatic carbocycles. The lowest BCUT2D eigenvalue weighted by Gasteiger charge is -2.56. The number of carbonyl (C=O) groups is 2. The lowest BCUT2D eigenvalue weighted by Crippen LogP contribution is -2.52. The summed E-state index contributed by atoms with van der Waals surface area (Å²) in [5, 5.41) is 6.46. The molecule has 31 heavy (non-hydrogen) atoms. The van der Waals surface area contributed by atoms with E-state index in [1.165, 1.54) is 51.4 Å². The quantitative estimate of drug-likeness (QED) is 0.674. The van der Waals surface area contributed by atoms with Gasteiger partial charge in [0.15, 0.2) is 0 Å². The third-order valence-corrected chi connectivity index (χ3v) is 9.11. The Kier molecular flexibility index (Phi) is 5.64. The van der Waals surface area contributed by atoms with Gasteiger partial charge in [-0.15, -0.1) is 0 Å². The summed E-state index contributed by atoms with van der Waals surface area (Å²) in [6.07, 6.45) is 13.7. The number of rotatable bonds is 6. The Morgan fingerprint density at radius 1 is 0.871 bits per heavy atom. The van der Waals surface area contributed by atoms with E-state index in [0.29, 0.717) is 35.9 Å². The highest BCUT2D eigenvalue weighted by atomic mass is 16.2. The zero-order valence-corrected chi connectivity index (χ0v) is 19.9. The highest BCUT2D eigenvalue weighted by Crippen LogP contribution is 2.61. The highest BCUT2D eigenvalue weighted by Gasteiger charge is 2.51. The fourth-order valence-corrected chi connectivity index (χ4v) is 8.60. The Balaban J connectivity index is 1.09. The van der Waals surface area contributed by atoms with E-state index in [-0.39, 0.29) is 11.4 Å². The first kappa shape index (κ1) is 21.7. The zero-order chi connectivity index (χ0) is 21.8. The minimum absolute atomic E-state index is 0.145. The van der Waals surface area contributed by atoms with Crippen LogP contribution >= 0.6 is 0 Å². The molecule has 2 aliphatic heterocycles. The van der Waals surface area contributed by atoms with Crippen molar-refractivity contribution in [3.05, 3.63) is 0 Å². The van der Waals surface area contributed by atoms with Crippen molar-refractivity contribution in [1.29, 1.82) is 0 Å². The summed E-state index contributed by atoms with van der Waals surface area (Å²) >= 11 is 0. The molecule has 4 aliphatic carbocycles. The molecular weight excluding hydrogens is 386 g/mol. The van der Waals surface area contributed by atoms with E-state index >= 15 is 0 Å². The smallest absolute Gasteiger partial charge is 0.234 e. The fraction of sp³-hybridized carbons (Fsp3) is 0.923. The first-order chi connectivity index (χ1) is 14.7. The van der Waals surface area contributed by atoms with Gasteiger partial charge in [-0.3, -0.25) is 14.5 Å². The van der Waals surface area contributed by atoms with Crippen LogP contribution in [0.2, 0.25) is 0 Å². The summed E-state index contributed by atoms with van der Waals surface area (Å²) in [5.74, 6) is 3.76. The number of amides is 2. The molecule has 6 rings (SSSR count). The molecule has 6 fully saturated rings. The molecule has 2 saturated heterocycles. The van der Waals surface area contributed by atoms with Crippen LogP contribution < -0.4 is 10.6 Å². The van der Waals surface area contributed by atoms with E-state index in [1.54, 1.807) is 0 Å². The largest absolute Gasteiger partial charge is 0.356 e. The predicted molar refractivity (Wildman–Crippen MR) is 122 cm³/mol. The lowest BCUT2D eigenvalue weighted by molar-refractivity contribution is -0.129. The maximum atomic E-state index is 12.9. The number of nitrogens with zero attached hydrogens (tertiary/aromatic N) is 1. The first-order valence-corrected chi connectivity index (χ1v) is 13.0. The lowest BCUT2D eigenvalue weighted by atomic mass is 9.49. The number of nitrogens with one attached hydrogen (secondary N) is 2. The Hall–Kier alpha value is -1.10. The first-order valence-electron chi connectivity index (χ1n) is 13.0. The van der Waals surface area contributed by atoms with Gasteiger partial charge in [0.25, 0.3) is 0 Å². The van der Waals surface area contributed by atoms with Crippen LogP contribution in [0.5, 0.6) is 0 Å². The van der Waals surface area contributed by atoms with Gasteiger partial charge >= 0.3 is 0 Å². The zero-order valence-electron chi connectivity index (χ0n) is 19.9. The van der Waals surface area contributed by atoms with E-state index < -0.39 is 0 Å². The van der Waals surface area contributed by atoms with Gasteiger partial charge in [0.2, 0.25) is 11.8 Å². The van der Waals surface area contributed by atoms with Gasteiger partial charge in [-0.05, 0) is 114 Å². The SMILES string of the molecule is CC(C)(C)NC(=O)CN1[C@@H]2CC[C@H]1CC(CNC(=O)CC13CC4CC(CC(C4)C1)C3)C2. The van der Waals surface area contributed by atoms with Gasteiger partial charge in [0.1, 0.15) is 0 Å². The minimum atomic E-state index is -0.171. The van der Waals surface area contributed by atoms with Crippen molar-refractivity contribution < 1.29 is 9.59 Å². The fourth-order valence-electron chi connectivity index (χ4n) is 8.60. The van der Waals surface area contributed by atoms with Crippen molar-refractivity contribution in [3.8, 4) is 0 Å². The summed E-state index contributed by atoms with van der Waals surface area (Å²) in [6.45, 7) is 7.48. The molecule has 4 saturated carbocycles.